The van der Waals surface area contributed by atoms with Crippen molar-refractivity contribution in [3.05, 3.63) is 29.8 Å². The average molecular weight is 268 g/mol. The molecule has 1 saturated heterocycles. The van der Waals surface area contributed by atoms with E-state index in [1.807, 2.05) is 6.92 Å². The first-order valence-corrected chi connectivity index (χ1v) is 7.19. The number of amides is 2. The zero-order valence-electron chi connectivity index (χ0n) is 10.5. The molecule has 1 heterocycles. The number of urea groups is 1. The second-order valence-corrected chi connectivity index (χ2v) is 6.41. The van der Waals surface area contributed by atoms with Crippen molar-refractivity contribution in [3.8, 4) is 0 Å². The highest BCUT2D eigenvalue weighted by Gasteiger charge is 2.42. The number of benzene rings is 1. The van der Waals surface area contributed by atoms with E-state index in [0.717, 1.165) is 9.87 Å². The predicted octanol–water partition coefficient (Wildman–Crippen LogP) is 1.49. The summed E-state index contributed by atoms with van der Waals surface area (Å²) in [5.74, 6) is 0. The summed E-state index contributed by atoms with van der Waals surface area (Å²) in [7, 11) is -3.77. The van der Waals surface area contributed by atoms with Crippen LogP contribution in [0.3, 0.4) is 0 Å². The summed E-state index contributed by atoms with van der Waals surface area (Å²) >= 11 is 0. The Morgan fingerprint density at radius 3 is 2.17 bits per heavy atom. The lowest BCUT2D eigenvalue weighted by atomic mass is 10.2. The fourth-order valence-electron chi connectivity index (χ4n) is 1.92. The van der Waals surface area contributed by atoms with Crippen molar-refractivity contribution in [2.45, 2.75) is 37.8 Å². The second kappa shape index (κ2) is 4.28. The van der Waals surface area contributed by atoms with Crippen molar-refractivity contribution in [1.82, 2.24) is 9.62 Å². The van der Waals surface area contributed by atoms with E-state index in [4.69, 9.17) is 0 Å². The van der Waals surface area contributed by atoms with Crippen LogP contribution in [0.4, 0.5) is 4.79 Å². The Morgan fingerprint density at radius 2 is 1.72 bits per heavy atom. The van der Waals surface area contributed by atoms with Crippen molar-refractivity contribution in [3.63, 3.8) is 0 Å². The summed E-state index contributed by atoms with van der Waals surface area (Å²) in [6.45, 7) is 5.38. The van der Waals surface area contributed by atoms with Crippen LogP contribution >= 0.6 is 0 Å². The predicted molar refractivity (Wildman–Crippen MR) is 67.7 cm³/mol. The molecule has 1 aliphatic heterocycles. The highest BCUT2D eigenvalue weighted by Crippen LogP contribution is 2.23. The lowest BCUT2D eigenvalue weighted by Crippen LogP contribution is -2.38. The van der Waals surface area contributed by atoms with E-state index in [1.54, 1.807) is 26.0 Å². The van der Waals surface area contributed by atoms with Gasteiger partial charge in [0.25, 0.3) is 10.0 Å². The molecule has 98 valence electrons. The van der Waals surface area contributed by atoms with Crippen molar-refractivity contribution >= 4 is 16.1 Å². The molecule has 0 spiro atoms. The molecule has 2 atom stereocenters. The van der Waals surface area contributed by atoms with Crippen LogP contribution in [-0.4, -0.2) is 30.8 Å². The summed E-state index contributed by atoms with van der Waals surface area (Å²) in [6, 6.07) is 5.35. The minimum absolute atomic E-state index is 0.143. The number of carbonyl (C=O) groups excluding carboxylic acids is 1. The number of nitrogens with zero attached hydrogens (tertiary/aromatic N) is 1. The SMILES string of the molecule is Cc1ccc(S(=O)(=O)N2C(=O)NC(C)C2C)cc1. The Balaban J connectivity index is 2.43. The van der Waals surface area contributed by atoms with Crippen molar-refractivity contribution < 1.29 is 13.2 Å². The Hall–Kier alpha value is -1.56. The van der Waals surface area contributed by atoms with Crippen LogP contribution in [0.5, 0.6) is 0 Å². The molecule has 2 amide bonds. The molecule has 18 heavy (non-hydrogen) atoms. The van der Waals surface area contributed by atoms with Crippen LogP contribution < -0.4 is 5.32 Å². The molecule has 1 N–H and O–H groups in total. The maximum Gasteiger partial charge on any atom is 0.331 e. The lowest BCUT2D eigenvalue weighted by Gasteiger charge is -2.21. The summed E-state index contributed by atoms with van der Waals surface area (Å²) < 4.78 is 25.7. The number of aryl methyl sites for hydroxylation is 1. The monoisotopic (exact) mass is 268 g/mol. The Labute approximate surface area is 107 Å². The Morgan fingerprint density at radius 1 is 1.17 bits per heavy atom. The molecule has 2 rings (SSSR count). The van der Waals surface area contributed by atoms with E-state index in [1.165, 1.54) is 12.1 Å². The number of carbonyl (C=O) groups is 1. The molecule has 0 aromatic heterocycles. The third kappa shape index (κ3) is 1.96. The third-order valence-electron chi connectivity index (χ3n) is 3.22. The van der Waals surface area contributed by atoms with Crippen LogP contribution in [-0.2, 0) is 10.0 Å². The Bertz CT molecular complexity index is 565. The van der Waals surface area contributed by atoms with Crippen molar-refractivity contribution in [2.24, 2.45) is 0 Å². The summed E-state index contributed by atoms with van der Waals surface area (Å²) in [6.07, 6.45) is 0. The summed E-state index contributed by atoms with van der Waals surface area (Å²) in [4.78, 5) is 11.9. The highest BCUT2D eigenvalue weighted by molar-refractivity contribution is 7.89. The maximum atomic E-state index is 12.4. The molecule has 0 aliphatic carbocycles. The van der Waals surface area contributed by atoms with Gasteiger partial charge in [-0.1, -0.05) is 17.7 Å². The summed E-state index contributed by atoms with van der Waals surface area (Å²) in [5, 5.41) is 2.61. The van der Waals surface area contributed by atoms with E-state index >= 15 is 0 Å². The minimum atomic E-state index is -3.77. The molecule has 1 fully saturated rings. The molecule has 1 aromatic rings. The second-order valence-electron chi connectivity index (χ2n) is 4.59. The van der Waals surface area contributed by atoms with Crippen LogP contribution in [0.25, 0.3) is 0 Å². The van der Waals surface area contributed by atoms with E-state index < -0.39 is 16.1 Å². The topological polar surface area (TPSA) is 66.5 Å². The molecule has 0 radical (unpaired) electrons. The zero-order chi connectivity index (χ0) is 13.5. The minimum Gasteiger partial charge on any atom is -0.333 e. The fourth-order valence-corrected chi connectivity index (χ4v) is 3.52. The fraction of sp³-hybridized carbons (Fsp3) is 0.417. The molecule has 0 bridgehead atoms. The highest BCUT2D eigenvalue weighted by atomic mass is 32.2. The first-order valence-electron chi connectivity index (χ1n) is 5.75. The van der Waals surface area contributed by atoms with Gasteiger partial charge in [-0.15, -0.1) is 0 Å². The quantitative estimate of drug-likeness (QED) is 0.883. The number of hydrogen-bond donors (Lipinski definition) is 1. The molecular weight excluding hydrogens is 252 g/mol. The van der Waals surface area contributed by atoms with E-state index in [9.17, 15) is 13.2 Å². The molecule has 0 saturated carbocycles. The lowest BCUT2D eigenvalue weighted by molar-refractivity contribution is 0.232. The smallest absolute Gasteiger partial charge is 0.331 e. The third-order valence-corrected chi connectivity index (χ3v) is 5.11. The maximum absolute atomic E-state index is 12.4. The molecule has 5 nitrogen and oxygen atoms in total. The normalized spacial score (nSPS) is 24.2. The van der Waals surface area contributed by atoms with Crippen LogP contribution in [0, 0.1) is 6.92 Å². The number of sulfonamides is 1. The largest absolute Gasteiger partial charge is 0.333 e. The first kappa shape index (κ1) is 12.9. The molecular formula is C12H16N2O3S. The van der Waals surface area contributed by atoms with E-state index in [-0.39, 0.29) is 17.0 Å². The molecule has 1 aliphatic rings. The van der Waals surface area contributed by atoms with Gasteiger partial charge in [-0.3, -0.25) is 0 Å². The zero-order valence-corrected chi connectivity index (χ0v) is 11.4. The van der Waals surface area contributed by atoms with Gasteiger partial charge in [0.15, 0.2) is 0 Å². The molecule has 6 heteroatoms. The van der Waals surface area contributed by atoms with Gasteiger partial charge in [0.2, 0.25) is 0 Å². The molecule has 1 aromatic carbocycles. The summed E-state index contributed by atoms with van der Waals surface area (Å²) in [5.41, 5.74) is 0.973. The van der Waals surface area contributed by atoms with Gasteiger partial charge in [0.1, 0.15) is 0 Å². The van der Waals surface area contributed by atoms with Crippen LogP contribution in [0.15, 0.2) is 29.2 Å². The van der Waals surface area contributed by atoms with E-state index in [0.29, 0.717) is 0 Å². The van der Waals surface area contributed by atoms with Gasteiger partial charge in [-0.05, 0) is 32.9 Å². The Kier molecular flexibility index (Phi) is 3.06. The van der Waals surface area contributed by atoms with E-state index in [2.05, 4.69) is 5.32 Å². The van der Waals surface area contributed by atoms with Crippen molar-refractivity contribution in [1.29, 1.82) is 0 Å². The average Bonchev–Trinajstić information content (AvgIpc) is 2.54. The number of nitrogens with one attached hydrogen (secondary N) is 1. The van der Waals surface area contributed by atoms with Gasteiger partial charge in [0, 0.05) is 6.04 Å². The van der Waals surface area contributed by atoms with Gasteiger partial charge in [-0.2, -0.15) is 0 Å². The van der Waals surface area contributed by atoms with Gasteiger partial charge in [-0.25, -0.2) is 17.5 Å². The van der Waals surface area contributed by atoms with Gasteiger partial charge >= 0.3 is 6.03 Å². The van der Waals surface area contributed by atoms with Gasteiger partial charge < -0.3 is 5.32 Å². The first-order chi connectivity index (χ1) is 8.34. The van der Waals surface area contributed by atoms with Gasteiger partial charge in [0.05, 0.1) is 10.9 Å². The molecule has 2 unspecified atom stereocenters. The number of rotatable bonds is 2. The van der Waals surface area contributed by atoms with Crippen LogP contribution in [0.2, 0.25) is 0 Å². The van der Waals surface area contributed by atoms with Crippen LogP contribution in [0.1, 0.15) is 19.4 Å². The van der Waals surface area contributed by atoms with Crippen molar-refractivity contribution in [2.75, 3.05) is 0 Å². The number of hydrogen-bond acceptors (Lipinski definition) is 3. The standard InChI is InChI=1S/C12H16N2O3S/c1-8-4-6-11(7-5-8)18(16,17)14-10(3)9(2)13-12(14)15/h4-7,9-10H,1-3H3,(H,13,15).